The molecule has 0 heterocycles. The molecule has 0 atom stereocenters. The Morgan fingerprint density at radius 1 is 1.38 bits per heavy atom. The number of hydrogen-bond donors (Lipinski definition) is 0. The molecule has 1 aromatic carbocycles. The first kappa shape index (κ1) is 10.0. The van der Waals surface area contributed by atoms with Crippen LogP contribution in [0.25, 0.3) is 0 Å². The van der Waals surface area contributed by atoms with Crippen LogP contribution in [0.5, 0.6) is 5.75 Å². The van der Waals surface area contributed by atoms with Gasteiger partial charge in [0.05, 0.1) is 6.10 Å². The average molecular weight is 182 g/mol. The third-order valence-electron chi connectivity index (χ3n) is 1.78. The fourth-order valence-corrected chi connectivity index (χ4v) is 1.16. The van der Waals surface area contributed by atoms with E-state index in [1.165, 1.54) is 6.07 Å². The van der Waals surface area contributed by atoms with Crippen molar-refractivity contribution in [1.29, 1.82) is 0 Å². The summed E-state index contributed by atoms with van der Waals surface area (Å²) in [6.45, 7) is 5.78. The summed E-state index contributed by atoms with van der Waals surface area (Å²) in [5.41, 5.74) is 0.733. The van der Waals surface area contributed by atoms with Crippen molar-refractivity contribution in [2.75, 3.05) is 0 Å². The Bertz CT molecular complexity index is 281. The van der Waals surface area contributed by atoms with Crippen LogP contribution in [0, 0.1) is 5.82 Å². The predicted molar refractivity (Wildman–Crippen MR) is 51.5 cm³/mol. The van der Waals surface area contributed by atoms with Crippen LogP contribution in [0.3, 0.4) is 0 Å². The molecule has 2 heteroatoms. The first-order valence-electron chi connectivity index (χ1n) is 4.58. The smallest absolute Gasteiger partial charge is 0.130 e. The van der Waals surface area contributed by atoms with Gasteiger partial charge >= 0.3 is 0 Å². The van der Waals surface area contributed by atoms with E-state index in [1.807, 2.05) is 26.8 Å². The lowest BCUT2D eigenvalue weighted by Gasteiger charge is -2.10. The van der Waals surface area contributed by atoms with Crippen LogP contribution in [0.4, 0.5) is 4.39 Å². The Labute approximate surface area is 78.5 Å². The van der Waals surface area contributed by atoms with E-state index in [9.17, 15) is 4.39 Å². The summed E-state index contributed by atoms with van der Waals surface area (Å²) in [5.74, 6) is 0.422. The summed E-state index contributed by atoms with van der Waals surface area (Å²) >= 11 is 0. The molecule has 1 rings (SSSR count). The molecule has 13 heavy (non-hydrogen) atoms. The SMILES string of the molecule is CCc1ccc(OC(C)C)cc1F. The maximum absolute atomic E-state index is 13.2. The Balaban J connectivity index is 2.83. The highest BCUT2D eigenvalue weighted by Gasteiger charge is 2.03. The molecule has 0 aromatic heterocycles. The number of aryl methyl sites for hydroxylation is 1. The van der Waals surface area contributed by atoms with Gasteiger partial charge in [-0.15, -0.1) is 0 Å². The zero-order valence-electron chi connectivity index (χ0n) is 8.30. The van der Waals surface area contributed by atoms with Gasteiger partial charge < -0.3 is 4.74 Å². The number of benzene rings is 1. The van der Waals surface area contributed by atoms with E-state index in [0.29, 0.717) is 12.2 Å². The largest absolute Gasteiger partial charge is 0.491 e. The van der Waals surface area contributed by atoms with Crippen molar-refractivity contribution in [3.05, 3.63) is 29.6 Å². The molecule has 0 N–H and O–H groups in total. The van der Waals surface area contributed by atoms with Gasteiger partial charge in [-0.1, -0.05) is 13.0 Å². The summed E-state index contributed by atoms with van der Waals surface area (Å²) in [7, 11) is 0. The molecule has 1 aromatic rings. The van der Waals surface area contributed by atoms with Gasteiger partial charge in [0.25, 0.3) is 0 Å². The molecule has 0 saturated heterocycles. The quantitative estimate of drug-likeness (QED) is 0.697. The molecule has 0 saturated carbocycles. The van der Waals surface area contributed by atoms with Gasteiger partial charge in [-0.2, -0.15) is 0 Å². The second kappa shape index (κ2) is 4.26. The molecule has 0 amide bonds. The highest BCUT2D eigenvalue weighted by atomic mass is 19.1. The summed E-state index contributed by atoms with van der Waals surface area (Å²) in [6, 6.07) is 5.02. The topological polar surface area (TPSA) is 9.23 Å². The molecule has 0 radical (unpaired) electrons. The van der Waals surface area contributed by atoms with Crippen LogP contribution in [-0.2, 0) is 6.42 Å². The predicted octanol–water partition coefficient (Wildman–Crippen LogP) is 3.18. The van der Waals surface area contributed by atoms with E-state index < -0.39 is 0 Å². The summed E-state index contributed by atoms with van der Waals surface area (Å²) in [5, 5.41) is 0. The third-order valence-corrected chi connectivity index (χ3v) is 1.78. The standard InChI is InChI=1S/C11H15FO/c1-4-9-5-6-10(7-11(9)12)13-8(2)3/h5-8H,4H2,1-3H3. The summed E-state index contributed by atoms with van der Waals surface area (Å²) < 4.78 is 18.6. The van der Waals surface area contributed by atoms with Crippen molar-refractivity contribution in [1.82, 2.24) is 0 Å². The molecule has 0 bridgehead atoms. The van der Waals surface area contributed by atoms with Crippen LogP contribution in [0.15, 0.2) is 18.2 Å². The van der Waals surface area contributed by atoms with E-state index >= 15 is 0 Å². The second-order valence-corrected chi connectivity index (χ2v) is 3.27. The van der Waals surface area contributed by atoms with E-state index in [2.05, 4.69) is 0 Å². The monoisotopic (exact) mass is 182 g/mol. The highest BCUT2D eigenvalue weighted by molar-refractivity contribution is 5.28. The minimum absolute atomic E-state index is 0.0897. The maximum atomic E-state index is 13.2. The normalized spacial score (nSPS) is 10.5. The van der Waals surface area contributed by atoms with E-state index in [-0.39, 0.29) is 11.9 Å². The van der Waals surface area contributed by atoms with Gasteiger partial charge in [0.15, 0.2) is 0 Å². The van der Waals surface area contributed by atoms with Crippen molar-refractivity contribution >= 4 is 0 Å². The van der Waals surface area contributed by atoms with Crippen molar-refractivity contribution in [2.45, 2.75) is 33.3 Å². The third kappa shape index (κ3) is 2.72. The first-order valence-corrected chi connectivity index (χ1v) is 4.58. The fourth-order valence-electron chi connectivity index (χ4n) is 1.16. The molecule has 0 fully saturated rings. The van der Waals surface area contributed by atoms with Crippen molar-refractivity contribution in [2.24, 2.45) is 0 Å². The van der Waals surface area contributed by atoms with E-state index in [0.717, 1.165) is 5.56 Å². The van der Waals surface area contributed by atoms with Crippen molar-refractivity contribution < 1.29 is 9.13 Å². The van der Waals surface area contributed by atoms with Crippen LogP contribution in [0.1, 0.15) is 26.3 Å². The highest BCUT2D eigenvalue weighted by Crippen LogP contribution is 2.17. The second-order valence-electron chi connectivity index (χ2n) is 3.27. The molecule has 0 unspecified atom stereocenters. The van der Waals surface area contributed by atoms with Crippen molar-refractivity contribution in [3.63, 3.8) is 0 Å². The zero-order valence-corrected chi connectivity index (χ0v) is 8.30. The fraction of sp³-hybridized carbons (Fsp3) is 0.455. The lowest BCUT2D eigenvalue weighted by atomic mass is 10.1. The van der Waals surface area contributed by atoms with Crippen LogP contribution in [-0.4, -0.2) is 6.10 Å². The minimum atomic E-state index is -0.180. The van der Waals surface area contributed by atoms with Gasteiger partial charge in [0.1, 0.15) is 11.6 Å². The first-order chi connectivity index (χ1) is 6.13. The number of ether oxygens (including phenoxy) is 1. The Morgan fingerprint density at radius 3 is 2.54 bits per heavy atom. The zero-order chi connectivity index (χ0) is 9.84. The summed E-state index contributed by atoms with van der Waals surface area (Å²) in [4.78, 5) is 0. The van der Waals surface area contributed by atoms with Gasteiger partial charge in [-0.3, -0.25) is 0 Å². The molecular weight excluding hydrogens is 167 g/mol. The van der Waals surface area contributed by atoms with Crippen LogP contribution >= 0.6 is 0 Å². The molecule has 0 aliphatic heterocycles. The lowest BCUT2D eigenvalue weighted by molar-refractivity contribution is 0.241. The Kier molecular flexibility index (Phi) is 3.29. The van der Waals surface area contributed by atoms with E-state index in [1.54, 1.807) is 6.07 Å². The van der Waals surface area contributed by atoms with E-state index in [4.69, 9.17) is 4.74 Å². The molecular formula is C11H15FO. The van der Waals surface area contributed by atoms with Gasteiger partial charge in [0.2, 0.25) is 0 Å². The van der Waals surface area contributed by atoms with Gasteiger partial charge in [0, 0.05) is 6.07 Å². The molecule has 1 nitrogen and oxygen atoms in total. The van der Waals surface area contributed by atoms with Crippen LogP contribution in [0.2, 0.25) is 0 Å². The Morgan fingerprint density at radius 2 is 2.08 bits per heavy atom. The molecule has 72 valence electrons. The number of hydrogen-bond acceptors (Lipinski definition) is 1. The van der Waals surface area contributed by atoms with Crippen LogP contribution < -0.4 is 4.74 Å². The summed E-state index contributed by atoms with van der Waals surface area (Å²) in [6.07, 6.45) is 0.806. The Hall–Kier alpha value is -1.05. The molecule has 0 spiro atoms. The maximum Gasteiger partial charge on any atom is 0.130 e. The lowest BCUT2D eigenvalue weighted by Crippen LogP contribution is -2.05. The molecule has 0 aliphatic carbocycles. The minimum Gasteiger partial charge on any atom is -0.491 e. The number of rotatable bonds is 3. The van der Waals surface area contributed by atoms with Gasteiger partial charge in [-0.25, -0.2) is 4.39 Å². The molecule has 0 aliphatic rings. The average Bonchev–Trinajstić information content (AvgIpc) is 2.03. The van der Waals surface area contributed by atoms with Gasteiger partial charge in [-0.05, 0) is 31.9 Å². The number of halogens is 1. The van der Waals surface area contributed by atoms with Crippen molar-refractivity contribution in [3.8, 4) is 5.75 Å².